The molecule has 1 N–H and O–H groups in total. The van der Waals surface area contributed by atoms with E-state index in [0.29, 0.717) is 0 Å². The van der Waals surface area contributed by atoms with Gasteiger partial charge in [-0.2, -0.15) is 0 Å². The molecule has 128 valence electrons. The summed E-state index contributed by atoms with van der Waals surface area (Å²) in [5.41, 5.74) is 6.09. The molecule has 3 rings (SSSR count). The summed E-state index contributed by atoms with van der Waals surface area (Å²) >= 11 is 0. The van der Waals surface area contributed by atoms with Crippen molar-refractivity contribution in [2.24, 2.45) is 0 Å². The van der Waals surface area contributed by atoms with Gasteiger partial charge in [0.15, 0.2) is 11.5 Å². The number of methoxy groups -OCH3 is 3. The summed E-state index contributed by atoms with van der Waals surface area (Å²) in [5.74, 6) is 2.53. The Labute approximate surface area is 143 Å². The minimum Gasteiger partial charge on any atom is -0.496 e. The van der Waals surface area contributed by atoms with Gasteiger partial charge in [-0.25, -0.2) is 0 Å². The highest BCUT2D eigenvalue weighted by atomic mass is 16.5. The molecular weight excluding hydrogens is 302 g/mol. The number of fused-ring (bicyclic) bond motifs is 1. The quantitative estimate of drug-likeness (QED) is 0.932. The van der Waals surface area contributed by atoms with Crippen LogP contribution in [0.4, 0.5) is 0 Å². The summed E-state index contributed by atoms with van der Waals surface area (Å²) in [6.07, 6.45) is 0.916. The summed E-state index contributed by atoms with van der Waals surface area (Å²) in [7, 11) is 5.10. The number of hydrogen-bond acceptors (Lipinski definition) is 4. The van der Waals surface area contributed by atoms with Crippen LogP contribution >= 0.6 is 0 Å². The number of aryl methyl sites for hydroxylation is 2. The van der Waals surface area contributed by atoms with E-state index < -0.39 is 0 Å². The van der Waals surface area contributed by atoms with Gasteiger partial charge >= 0.3 is 0 Å². The molecule has 4 heteroatoms. The zero-order valence-electron chi connectivity index (χ0n) is 15.0. The summed E-state index contributed by atoms with van der Waals surface area (Å²) < 4.78 is 16.7. The van der Waals surface area contributed by atoms with Crippen LogP contribution in [0, 0.1) is 13.8 Å². The van der Waals surface area contributed by atoms with Gasteiger partial charge in [-0.1, -0.05) is 12.1 Å². The van der Waals surface area contributed by atoms with E-state index in [9.17, 15) is 0 Å². The Morgan fingerprint density at radius 1 is 0.875 bits per heavy atom. The molecule has 0 aromatic heterocycles. The molecule has 0 saturated heterocycles. The van der Waals surface area contributed by atoms with Crippen LogP contribution in [-0.4, -0.2) is 27.9 Å². The van der Waals surface area contributed by atoms with Crippen molar-refractivity contribution in [1.82, 2.24) is 5.32 Å². The highest BCUT2D eigenvalue weighted by Gasteiger charge is 2.28. The van der Waals surface area contributed by atoms with Crippen molar-refractivity contribution < 1.29 is 14.2 Å². The molecule has 0 amide bonds. The Morgan fingerprint density at radius 3 is 2.25 bits per heavy atom. The summed E-state index contributed by atoms with van der Waals surface area (Å²) in [6, 6.07) is 8.52. The van der Waals surface area contributed by atoms with Crippen molar-refractivity contribution in [2.75, 3.05) is 27.9 Å². The predicted octanol–water partition coefficient (Wildman–Crippen LogP) is 3.56. The van der Waals surface area contributed by atoms with Gasteiger partial charge < -0.3 is 19.5 Å². The van der Waals surface area contributed by atoms with Crippen LogP contribution in [-0.2, 0) is 6.42 Å². The van der Waals surface area contributed by atoms with Crippen molar-refractivity contribution in [3.8, 4) is 17.2 Å². The fourth-order valence-electron chi connectivity index (χ4n) is 3.48. The number of ether oxygens (including phenoxy) is 3. The molecule has 2 aromatic rings. The van der Waals surface area contributed by atoms with Crippen molar-refractivity contribution in [3.05, 3.63) is 52.1 Å². The standard InChI is InChI=1S/C20H25NO3/c1-12-10-16(18(23-4)11-13(12)2)19-14-6-7-17(22-3)20(24-5)15(14)8-9-21-19/h6-7,10-11,19,21H,8-9H2,1-5H3. The van der Waals surface area contributed by atoms with Crippen LogP contribution < -0.4 is 19.5 Å². The third kappa shape index (κ3) is 2.71. The summed E-state index contributed by atoms with van der Waals surface area (Å²) in [5, 5.41) is 3.63. The molecule has 1 atom stereocenters. The van der Waals surface area contributed by atoms with E-state index in [1.807, 2.05) is 6.07 Å². The largest absolute Gasteiger partial charge is 0.496 e. The maximum atomic E-state index is 5.65. The fraction of sp³-hybridized carbons (Fsp3) is 0.400. The first-order valence-electron chi connectivity index (χ1n) is 8.23. The van der Waals surface area contributed by atoms with Gasteiger partial charge in [0.1, 0.15) is 5.75 Å². The molecule has 0 spiro atoms. The number of benzene rings is 2. The van der Waals surface area contributed by atoms with E-state index in [-0.39, 0.29) is 6.04 Å². The average molecular weight is 327 g/mol. The Hall–Kier alpha value is -2.20. The highest BCUT2D eigenvalue weighted by Crippen LogP contribution is 2.42. The van der Waals surface area contributed by atoms with Gasteiger partial charge in [0.2, 0.25) is 0 Å². The fourth-order valence-corrected chi connectivity index (χ4v) is 3.48. The normalized spacial score (nSPS) is 16.5. The number of hydrogen-bond donors (Lipinski definition) is 1. The molecule has 1 heterocycles. The maximum Gasteiger partial charge on any atom is 0.164 e. The first-order valence-corrected chi connectivity index (χ1v) is 8.23. The van der Waals surface area contributed by atoms with Crippen LogP contribution in [0.15, 0.2) is 24.3 Å². The molecule has 4 nitrogen and oxygen atoms in total. The second-order valence-corrected chi connectivity index (χ2v) is 6.18. The zero-order valence-corrected chi connectivity index (χ0v) is 15.0. The Morgan fingerprint density at radius 2 is 1.58 bits per heavy atom. The number of rotatable bonds is 4. The van der Waals surface area contributed by atoms with Crippen molar-refractivity contribution in [1.29, 1.82) is 0 Å². The van der Waals surface area contributed by atoms with Crippen molar-refractivity contribution in [2.45, 2.75) is 26.3 Å². The predicted molar refractivity (Wildman–Crippen MR) is 95.6 cm³/mol. The van der Waals surface area contributed by atoms with Crippen LogP contribution in [0.5, 0.6) is 17.2 Å². The average Bonchev–Trinajstić information content (AvgIpc) is 2.61. The molecule has 24 heavy (non-hydrogen) atoms. The van der Waals surface area contributed by atoms with Crippen LogP contribution in [0.2, 0.25) is 0 Å². The lowest BCUT2D eigenvalue weighted by atomic mass is 9.87. The lowest BCUT2D eigenvalue weighted by molar-refractivity contribution is 0.348. The molecule has 0 bridgehead atoms. The summed E-state index contributed by atoms with van der Waals surface area (Å²) in [4.78, 5) is 0. The second-order valence-electron chi connectivity index (χ2n) is 6.18. The Bertz CT molecular complexity index is 755. The van der Waals surface area contributed by atoms with Crippen molar-refractivity contribution in [3.63, 3.8) is 0 Å². The maximum absolute atomic E-state index is 5.65. The lowest BCUT2D eigenvalue weighted by Crippen LogP contribution is -2.31. The van der Waals surface area contributed by atoms with E-state index >= 15 is 0 Å². The van der Waals surface area contributed by atoms with Gasteiger partial charge in [0, 0.05) is 17.7 Å². The minimum atomic E-state index is 0.0859. The molecule has 0 radical (unpaired) electrons. The van der Waals surface area contributed by atoms with E-state index in [1.165, 1.54) is 22.3 Å². The van der Waals surface area contributed by atoms with E-state index in [2.05, 4.69) is 37.4 Å². The molecule has 1 aliphatic rings. The molecule has 0 aliphatic carbocycles. The van der Waals surface area contributed by atoms with Gasteiger partial charge in [-0.05, 0) is 49.1 Å². The molecule has 2 aromatic carbocycles. The van der Waals surface area contributed by atoms with Gasteiger partial charge in [0.25, 0.3) is 0 Å². The Kier molecular flexibility index (Phi) is 4.67. The minimum absolute atomic E-state index is 0.0859. The third-order valence-electron chi connectivity index (χ3n) is 4.88. The van der Waals surface area contributed by atoms with Gasteiger partial charge in [-0.3, -0.25) is 0 Å². The van der Waals surface area contributed by atoms with Crippen LogP contribution in [0.3, 0.4) is 0 Å². The lowest BCUT2D eigenvalue weighted by Gasteiger charge is -2.30. The Balaban J connectivity index is 2.16. The third-order valence-corrected chi connectivity index (χ3v) is 4.88. The molecule has 0 fully saturated rings. The van der Waals surface area contributed by atoms with E-state index in [0.717, 1.165) is 35.8 Å². The van der Waals surface area contributed by atoms with E-state index in [4.69, 9.17) is 14.2 Å². The SMILES string of the molecule is COc1cc(C)c(C)cc1C1NCCc2c1ccc(OC)c2OC. The first kappa shape index (κ1) is 16.7. The van der Waals surface area contributed by atoms with Crippen LogP contribution in [0.25, 0.3) is 0 Å². The smallest absolute Gasteiger partial charge is 0.164 e. The van der Waals surface area contributed by atoms with E-state index in [1.54, 1.807) is 21.3 Å². The van der Waals surface area contributed by atoms with Crippen molar-refractivity contribution >= 4 is 0 Å². The van der Waals surface area contributed by atoms with Gasteiger partial charge in [0.05, 0.1) is 27.4 Å². The van der Waals surface area contributed by atoms with Crippen LogP contribution in [0.1, 0.15) is 33.9 Å². The highest BCUT2D eigenvalue weighted by molar-refractivity contribution is 5.56. The summed E-state index contributed by atoms with van der Waals surface area (Å²) in [6.45, 7) is 5.13. The molecule has 1 aliphatic heterocycles. The first-order chi connectivity index (χ1) is 11.6. The molecule has 0 saturated carbocycles. The topological polar surface area (TPSA) is 39.7 Å². The monoisotopic (exact) mass is 327 g/mol. The molecule has 1 unspecified atom stereocenters. The van der Waals surface area contributed by atoms with Gasteiger partial charge in [-0.15, -0.1) is 0 Å². The number of nitrogens with one attached hydrogen (secondary N) is 1. The zero-order chi connectivity index (χ0) is 17.3. The molecular formula is C20H25NO3. The second kappa shape index (κ2) is 6.73.